The first-order chi connectivity index (χ1) is 15.2. The molecule has 1 nitrogen and oxygen atoms in total. The number of allylic oxidation sites excluding steroid dienone is 4. The molecule has 1 unspecified atom stereocenters. The van der Waals surface area contributed by atoms with Crippen LogP contribution in [0.1, 0.15) is 74.5 Å². The van der Waals surface area contributed by atoms with Crippen molar-refractivity contribution >= 4 is 0 Å². The highest BCUT2D eigenvalue weighted by Crippen LogP contribution is 2.39. The van der Waals surface area contributed by atoms with Crippen LogP contribution in [0.5, 0.6) is 0 Å². The molecule has 0 aliphatic heterocycles. The average molecular weight is 410 g/mol. The highest BCUT2D eigenvalue weighted by atomic mass is 14.3. The van der Waals surface area contributed by atoms with Gasteiger partial charge in [-0.05, 0) is 104 Å². The Hall–Kier alpha value is -2.59. The fourth-order valence-electron chi connectivity index (χ4n) is 5.45. The normalized spacial score (nSPS) is 24.3. The zero-order valence-electron chi connectivity index (χ0n) is 18.8. The third kappa shape index (κ3) is 5.98. The quantitative estimate of drug-likeness (QED) is 0.454. The van der Waals surface area contributed by atoms with Crippen molar-refractivity contribution in [1.29, 1.82) is 5.26 Å². The first kappa shape index (κ1) is 21.6. The largest absolute Gasteiger partial charge is 0.192 e. The van der Waals surface area contributed by atoms with Crippen LogP contribution in [0.4, 0.5) is 0 Å². The molecule has 0 bridgehead atoms. The van der Waals surface area contributed by atoms with Crippen LogP contribution in [0.25, 0.3) is 0 Å². The fourth-order valence-corrected chi connectivity index (χ4v) is 5.45. The molecular weight excluding hydrogens is 374 g/mol. The van der Waals surface area contributed by atoms with Crippen molar-refractivity contribution in [2.24, 2.45) is 17.8 Å². The second kappa shape index (κ2) is 10.6. The van der Waals surface area contributed by atoms with Gasteiger partial charge in [0.25, 0.3) is 0 Å². The number of rotatable bonds is 7. The van der Waals surface area contributed by atoms with Gasteiger partial charge in [0.15, 0.2) is 0 Å². The van der Waals surface area contributed by atoms with Crippen LogP contribution in [0, 0.1) is 29.1 Å². The third-order valence-electron chi connectivity index (χ3n) is 7.48. The molecule has 1 saturated carbocycles. The lowest BCUT2D eigenvalue weighted by Crippen LogP contribution is -2.18. The zero-order chi connectivity index (χ0) is 21.5. The topological polar surface area (TPSA) is 23.8 Å². The van der Waals surface area contributed by atoms with E-state index < -0.39 is 0 Å². The summed E-state index contributed by atoms with van der Waals surface area (Å²) in [6.07, 6.45) is 17.7. The molecule has 2 aromatic rings. The summed E-state index contributed by atoms with van der Waals surface area (Å²) in [5.74, 6) is 3.00. The van der Waals surface area contributed by atoms with Gasteiger partial charge in [0, 0.05) is 0 Å². The van der Waals surface area contributed by atoms with Crippen molar-refractivity contribution < 1.29 is 0 Å². The Kier molecular flexibility index (Phi) is 7.42. The van der Waals surface area contributed by atoms with E-state index >= 15 is 0 Å². The van der Waals surface area contributed by atoms with Crippen LogP contribution in [-0.2, 0) is 6.42 Å². The van der Waals surface area contributed by atoms with Gasteiger partial charge in [-0.15, -0.1) is 0 Å². The molecule has 0 N–H and O–H groups in total. The van der Waals surface area contributed by atoms with Crippen molar-refractivity contribution in [1.82, 2.24) is 0 Å². The zero-order valence-corrected chi connectivity index (χ0v) is 18.8. The number of benzene rings is 2. The van der Waals surface area contributed by atoms with Gasteiger partial charge in [-0.1, -0.05) is 67.6 Å². The summed E-state index contributed by atoms with van der Waals surface area (Å²) >= 11 is 0. The average Bonchev–Trinajstić information content (AvgIpc) is 2.84. The fraction of sp³-hybridized carbons (Fsp3) is 0.433. The third-order valence-corrected chi connectivity index (χ3v) is 7.48. The summed E-state index contributed by atoms with van der Waals surface area (Å²) in [5, 5.41) is 8.93. The van der Waals surface area contributed by atoms with Gasteiger partial charge < -0.3 is 0 Å². The van der Waals surface area contributed by atoms with Gasteiger partial charge in [-0.3, -0.25) is 0 Å². The summed E-state index contributed by atoms with van der Waals surface area (Å²) in [6, 6.07) is 21.3. The van der Waals surface area contributed by atoms with Crippen molar-refractivity contribution in [3.8, 4) is 6.07 Å². The molecule has 0 spiro atoms. The Labute approximate surface area is 188 Å². The molecule has 2 aromatic carbocycles. The van der Waals surface area contributed by atoms with E-state index in [1.807, 2.05) is 12.1 Å². The molecule has 0 heterocycles. The molecule has 1 heteroatoms. The van der Waals surface area contributed by atoms with Crippen molar-refractivity contribution in [2.75, 3.05) is 0 Å². The SMILES string of the molecule is C[C@H](CC1CCC(C2=CCC(CCc3ccc(C#N)cc3)C=C2)CC1)c1ccccc1. The minimum Gasteiger partial charge on any atom is -0.192 e. The predicted octanol–water partition coefficient (Wildman–Crippen LogP) is 7.99. The summed E-state index contributed by atoms with van der Waals surface area (Å²) in [6.45, 7) is 2.39. The summed E-state index contributed by atoms with van der Waals surface area (Å²) in [5.41, 5.74) is 5.18. The highest BCUT2D eigenvalue weighted by Gasteiger charge is 2.25. The highest BCUT2D eigenvalue weighted by molar-refractivity contribution is 5.32. The Morgan fingerprint density at radius 2 is 1.71 bits per heavy atom. The lowest BCUT2D eigenvalue weighted by atomic mass is 9.73. The van der Waals surface area contributed by atoms with Crippen molar-refractivity contribution in [3.05, 3.63) is 95.1 Å². The van der Waals surface area contributed by atoms with E-state index in [-0.39, 0.29) is 0 Å². The molecule has 2 aliphatic rings. The van der Waals surface area contributed by atoms with Crippen LogP contribution in [-0.4, -0.2) is 0 Å². The van der Waals surface area contributed by atoms with Gasteiger partial charge >= 0.3 is 0 Å². The second-order valence-corrected chi connectivity index (χ2v) is 9.67. The number of nitriles is 1. The Bertz CT molecular complexity index is 921. The minimum absolute atomic E-state index is 0.655. The van der Waals surface area contributed by atoms with E-state index in [0.29, 0.717) is 11.8 Å². The first-order valence-corrected chi connectivity index (χ1v) is 12.1. The van der Waals surface area contributed by atoms with Crippen LogP contribution < -0.4 is 0 Å². The van der Waals surface area contributed by atoms with Crippen LogP contribution >= 0.6 is 0 Å². The molecular formula is C30H35N. The van der Waals surface area contributed by atoms with Gasteiger partial charge in [0.05, 0.1) is 11.6 Å². The molecule has 2 atom stereocenters. The molecule has 2 aliphatic carbocycles. The van der Waals surface area contributed by atoms with Crippen LogP contribution in [0.15, 0.2) is 78.4 Å². The Balaban J connectivity index is 1.20. The van der Waals surface area contributed by atoms with Crippen molar-refractivity contribution in [3.63, 3.8) is 0 Å². The maximum Gasteiger partial charge on any atom is 0.0991 e. The number of hydrogen-bond acceptors (Lipinski definition) is 1. The van der Waals surface area contributed by atoms with E-state index in [4.69, 9.17) is 5.26 Å². The Morgan fingerprint density at radius 1 is 0.968 bits per heavy atom. The van der Waals surface area contributed by atoms with Crippen LogP contribution in [0.3, 0.4) is 0 Å². The monoisotopic (exact) mass is 409 g/mol. The lowest BCUT2D eigenvalue weighted by molar-refractivity contribution is 0.278. The summed E-state index contributed by atoms with van der Waals surface area (Å²) < 4.78 is 0. The summed E-state index contributed by atoms with van der Waals surface area (Å²) in [7, 11) is 0. The molecule has 0 saturated heterocycles. The van der Waals surface area contributed by atoms with Gasteiger partial charge in [0.1, 0.15) is 0 Å². The number of nitrogens with zero attached hydrogens (tertiary/aromatic N) is 1. The van der Waals surface area contributed by atoms with E-state index in [2.05, 4.69) is 73.7 Å². The first-order valence-electron chi connectivity index (χ1n) is 12.1. The lowest BCUT2D eigenvalue weighted by Gasteiger charge is -2.32. The van der Waals surface area contributed by atoms with Gasteiger partial charge in [-0.25, -0.2) is 0 Å². The molecule has 0 radical (unpaired) electrons. The van der Waals surface area contributed by atoms with E-state index in [1.54, 1.807) is 5.57 Å². The maximum atomic E-state index is 8.93. The molecule has 0 aromatic heterocycles. The predicted molar refractivity (Wildman–Crippen MR) is 130 cm³/mol. The van der Waals surface area contributed by atoms with Gasteiger partial charge in [0.2, 0.25) is 0 Å². The summed E-state index contributed by atoms with van der Waals surface area (Å²) in [4.78, 5) is 0. The smallest absolute Gasteiger partial charge is 0.0991 e. The van der Waals surface area contributed by atoms with Crippen molar-refractivity contribution in [2.45, 2.75) is 64.2 Å². The maximum absolute atomic E-state index is 8.93. The minimum atomic E-state index is 0.655. The molecule has 4 rings (SSSR count). The second-order valence-electron chi connectivity index (χ2n) is 9.67. The molecule has 0 amide bonds. The molecule has 1 fully saturated rings. The molecule has 31 heavy (non-hydrogen) atoms. The van der Waals surface area contributed by atoms with E-state index in [1.165, 1.54) is 56.1 Å². The van der Waals surface area contributed by atoms with Gasteiger partial charge in [-0.2, -0.15) is 5.26 Å². The number of aryl methyl sites for hydroxylation is 1. The standard InChI is InChI=1S/C30H35N/c1-23(28-5-3-2-4-6-28)21-26-15-19-30(20-16-26)29-17-13-25(14-18-29)8-7-24-9-11-27(22-31)12-10-24/h2-6,9-13,17-18,23,25-26,30H,7-8,14-16,19-21H2,1H3/t23-,25?,26?,30?/m1/s1. The van der Waals surface area contributed by atoms with E-state index in [9.17, 15) is 0 Å². The molecule has 160 valence electrons. The van der Waals surface area contributed by atoms with E-state index in [0.717, 1.165) is 23.8 Å². The Morgan fingerprint density at radius 3 is 2.35 bits per heavy atom. The van der Waals surface area contributed by atoms with Crippen LogP contribution in [0.2, 0.25) is 0 Å². The number of hydrogen-bond donors (Lipinski definition) is 0.